The Morgan fingerprint density at radius 1 is 1.09 bits per heavy atom. The smallest absolute Gasteiger partial charge is 0.266 e. The van der Waals surface area contributed by atoms with Crippen molar-refractivity contribution in [3.8, 4) is 11.5 Å². The molecule has 1 aliphatic rings. The van der Waals surface area contributed by atoms with E-state index in [1.165, 1.54) is 0 Å². The molecule has 0 radical (unpaired) electrons. The van der Waals surface area contributed by atoms with E-state index >= 15 is 0 Å². The molecule has 45 heavy (non-hydrogen) atoms. The van der Waals surface area contributed by atoms with Crippen molar-refractivity contribution < 1.29 is 24.1 Å². The summed E-state index contributed by atoms with van der Waals surface area (Å²) in [4.78, 5) is 24.5. The van der Waals surface area contributed by atoms with Gasteiger partial charge in [-0.25, -0.2) is 10.4 Å². The maximum absolute atomic E-state index is 14.4. The number of azide groups is 1. The van der Waals surface area contributed by atoms with Crippen molar-refractivity contribution in [2.24, 2.45) is 10.1 Å². The molecule has 0 spiro atoms. The minimum absolute atomic E-state index is 0.0506. The fourth-order valence-corrected chi connectivity index (χ4v) is 5.10. The molecule has 0 saturated heterocycles. The first-order valence-corrected chi connectivity index (χ1v) is 14.9. The average molecular weight is 616 g/mol. The van der Waals surface area contributed by atoms with Crippen molar-refractivity contribution in [3.05, 3.63) is 105 Å². The summed E-state index contributed by atoms with van der Waals surface area (Å²) in [5, 5.41) is 12.8. The summed E-state index contributed by atoms with van der Waals surface area (Å²) in [7, 11) is 5.59. The van der Waals surface area contributed by atoms with Crippen LogP contribution in [0, 0.1) is 0 Å². The third-order valence-corrected chi connectivity index (χ3v) is 7.42. The van der Waals surface area contributed by atoms with E-state index in [0.29, 0.717) is 48.1 Å². The molecule has 0 unspecified atom stereocenters. The summed E-state index contributed by atoms with van der Waals surface area (Å²) < 4.78 is 17.8. The van der Waals surface area contributed by atoms with Crippen molar-refractivity contribution in [2.45, 2.75) is 37.5 Å². The maximum Gasteiger partial charge on any atom is 0.266 e. The number of benzene rings is 3. The van der Waals surface area contributed by atoms with Crippen LogP contribution in [0.3, 0.4) is 0 Å². The lowest BCUT2D eigenvalue weighted by Gasteiger charge is -2.31. The van der Waals surface area contributed by atoms with Crippen molar-refractivity contribution in [1.29, 1.82) is 0 Å². The number of aliphatic hydroxyl groups is 1. The van der Waals surface area contributed by atoms with Crippen LogP contribution < -0.4 is 20.3 Å². The zero-order valence-electron chi connectivity index (χ0n) is 26.0. The largest absolute Gasteiger partial charge is 0.497 e. The van der Waals surface area contributed by atoms with Gasteiger partial charge >= 0.3 is 0 Å². The van der Waals surface area contributed by atoms with Crippen LogP contribution in [0.2, 0.25) is 0 Å². The molecule has 0 fully saturated rings. The van der Waals surface area contributed by atoms with Crippen LogP contribution in [0.1, 0.15) is 41.2 Å². The van der Waals surface area contributed by atoms with Crippen LogP contribution in [-0.4, -0.2) is 74.9 Å². The first-order chi connectivity index (χ1) is 21.9. The molecule has 1 aliphatic heterocycles. The monoisotopic (exact) mass is 615 g/mol. The lowest BCUT2D eigenvalue weighted by molar-refractivity contribution is -0.130. The molecule has 12 nitrogen and oxygen atoms in total. The van der Waals surface area contributed by atoms with Crippen LogP contribution in [-0.2, 0) is 22.5 Å². The van der Waals surface area contributed by atoms with E-state index in [-0.39, 0.29) is 25.5 Å². The van der Waals surface area contributed by atoms with Gasteiger partial charge in [0.2, 0.25) is 5.90 Å². The van der Waals surface area contributed by atoms with Crippen LogP contribution >= 0.6 is 0 Å². The molecule has 1 heterocycles. The van der Waals surface area contributed by atoms with E-state index in [9.17, 15) is 4.79 Å². The first-order valence-electron chi connectivity index (χ1n) is 14.9. The number of hydrogen-bond acceptors (Lipinski definition) is 9. The third kappa shape index (κ3) is 8.74. The predicted octanol–water partition coefficient (Wildman–Crippen LogP) is 4.34. The number of nitrogens with one attached hydrogen (secondary N) is 2. The second-order valence-electron chi connectivity index (χ2n) is 10.9. The van der Waals surface area contributed by atoms with Gasteiger partial charge in [-0.05, 0) is 85.7 Å². The predicted molar refractivity (Wildman–Crippen MR) is 172 cm³/mol. The summed E-state index contributed by atoms with van der Waals surface area (Å²) in [5.74, 6) is 1.21. The highest BCUT2D eigenvalue weighted by Gasteiger charge is 2.53. The molecule has 0 saturated carbocycles. The van der Waals surface area contributed by atoms with Crippen molar-refractivity contribution in [2.75, 3.05) is 47.5 Å². The number of hydrogen-bond donors (Lipinski definition) is 3. The third-order valence-electron chi connectivity index (χ3n) is 7.42. The average Bonchev–Trinajstić information content (AvgIpc) is 3.45. The summed E-state index contributed by atoms with van der Waals surface area (Å²) in [6.07, 6.45) is 0.705. The number of methoxy groups -OCH3 is 1. The topological polar surface area (TPSA) is 153 Å². The zero-order chi connectivity index (χ0) is 32.1. The Morgan fingerprint density at radius 2 is 1.87 bits per heavy atom. The van der Waals surface area contributed by atoms with Crippen LogP contribution in [0.4, 0.5) is 0 Å². The minimum atomic E-state index is -1.45. The number of nitrogens with zero attached hydrogens (tertiary/aromatic N) is 5. The Balaban J connectivity index is 1.78. The van der Waals surface area contributed by atoms with Crippen LogP contribution in [0.25, 0.3) is 10.4 Å². The molecule has 12 heteroatoms. The summed E-state index contributed by atoms with van der Waals surface area (Å²) in [6.45, 7) is 2.00. The normalized spacial score (nSPS) is 17.3. The van der Waals surface area contributed by atoms with E-state index in [1.807, 2.05) is 74.8 Å². The molecule has 3 aromatic carbocycles. The van der Waals surface area contributed by atoms with Gasteiger partial charge in [-0.2, -0.15) is 0 Å². The molecule has 0 bridgehead atoms. The Kier molecular flexibility index (Phi) is 12.2. The van der Waals surface area contributed by atoms with Crippen molar-refractivity contribution >= 4 is 11.8 Å². The van der Waals surface area contributed by atoms with Gasteiger partial charge in [0.1, 0.15) is 11.5 Å². The van der Waals surface area contributed by atoms with Crippen molar-refractivity contribution in [3.63, 3.8) is 0 Å². The Labute approximate surface area is 263 Å². The number of aliphatic imine (C=N–C) groups is 1. The Morgan fingerprint density at radius 3 is 2.58 bits per heavy atom. The zero-order valence-corrected chi connectivity index (χ0v) is 26.0. The SMILES string of the molecule is COc1cccc([C@@H]2OC(c3ccc(OCCCO)cc3)=N[C@]2(Cc2ccccc2CN=[N+]=[N-])C(=O)NNCCCN(C)C)c1. The molecule has 0 aromatic heterocycles. The summed E-state index contributed by atoms with van der Waals surface area (Å²) in [6, 6.07) is 22.2. The summed E-state index contributed by atoms with van der Waals surface area (Å²) in [5.41, 5.74) is 16.5. The standard InChI is InChI=1S/C33H41N7O5/c1-40(2)18-7-17-35-38-32(42)33(22-26-9-4-5-10-27(26)23-36-39-34)30(25-11-6-12-29(21-25)43-3)45-31(37-33)24-13-15-28(16-14-24)44-20-8-19-41/h4-6,9-16,21,30,35,41H,7-8,17-20,22-23H2,1-3H3,(H,38,42)/t30-,33-/m0/s1. The molecular weight excluding hydrogens is 574 g/mol. The van der Waals surface area contributed by atoms with E-state index in [1.54, 1.807) is 19.2 Å². The number of rotatable bonds is 17. The number of carbonyl (C=O) groups excluding carboxylic acids is 1. The number of aliphatic hydroxyl groups excluding tert-OH is 1. The van der Waals surface area contributed by atoms with Crippen molar-refractivity contribution in [1.82, 2.24) is 15.8 Å². The van der Waals surface area contributed by atoms with E-state index < -0.39 is 11.6 Å². The molecule has 3 aromatic rings. The van der Waals surface area contributed by atoms with Crippen LogP contribution in [0.15, 0.2) is 82.9 Å². The fraction of sp³-hybridized carbons (Fsp3) is 0.394. The fourth-order valence-electron chi connectivity index (χ4n) is 5.10. The minimum Gasteiger partial charge on any atom is -0.497 e. The van der Waals surface area contributed by atoms with Crippen LogP contribution in [0.5, 0.6) is 11.5 Å². The molecule has 0 aliphatic carbocycles. The number of hydrazine groups is 1. The van der Waals surface area contributed by atoms with Gasteiger partial charge in [-0.1, -0.05) is 41.5 Å². The number of ether oxygens (including phenoxy) is 3. The second-order valence-corrected chi connectivity index (χ2v) is 10.9. The second kappa shape index (κ2) is 16.5. The van der Waals surface area contributed by atoms with Gasteiger partial charge in [0.05, 0.1) is 20.3 Å². The van der Waals surface area contributed by atoms with Gasteiger partial charge in [0, 0.05) is 36.5 Å². The van der Waals surface area contributed by atoms with Gasteiger partial charge < -0.3 is 24.2 Å². The Hall–Kier alpha value is -4.61. The highest BCUT2D eigenvalue weighted by atomic mass is 16.5. The molecule has 1 amide bonds. The van der Waals surface area contributed by atoms with E-state index in [2.05, 4.69) is 25.8 Å². The summed E-state index contributed by atoms with van der Waals surface area (Å²) >= 11 is 0. The lowest BCUT2D eigenvalue weighted by Crippen LogP contribution is -2.54. The van der Waals surface area contributed by atoms with Gasteiger partial charge in [-0.15, -0.1) is 0 Å². The molecule has 2 atom stereocenters. The molecule has 3 N–H and O–H groups in total. The number of amides is 1. The number of carbonyl (C=O) groups is 1. The van der Waals surface area contributed by atoms with Gasteiger partial charge in [0.25, 0.3) is 5.91 Å². The quantitative estimate of drug-likeness (QED) is 0.0671. The van der Waals surface area contributed by atoms with Gasteiger partial charge in [-0.3, -0.25) is 10.2 Å². The molecular formula is C33H41N7O5. The maximum atomic E-state index is 14.4. The highest BCUT2D eigenvalue weighted by molar-refractivity contribution is 6.01. The van der Waals surface area contributed by atoms with Gasteiger partial charge in [0.15, 0.2) is 11.6 Å². The first kappa shape index (κ1) is 33.3. The molecule has 238 valence electrons. The van der Waals surface area contributed by atoms with E-state index in [0.717, 1.165) is 24.1 Å². The van der Waals surface area contributed by atoms with E-state index in [4.69, 9.17) is 29.8 Å². The Bertz CT molecular complexity index is 1490. The highest BCUT2D eigenvalue weighted by Crippen LogP contribution is 2.43. The molecule has 4 rings (SSSR count). The lowest BCUT2D eigenvalue weighted by atomic mass is 9.81.